The zero-order valence-electron chi connectivity index (χ0n) is 21.3. The van der Waals surface area contributed by atoms with Crippen LogP contribution in [0.2, 0.25) is 5.02 Å². The van der Waals surface area contributed by atoms with E-state index in [0.717, 1.165) is 18.2 Å². The Kier molecular flexibility index (Phi) is 8.38. The summed E-state index contributed by atoms with van der Waals surface area (Å²) in [6.07, 6.45) is -6.82. The molecule has 0 aromatic heterocycles. The van der Waals surface area contributed by atoms with Gasteiger partial charge in [0, 0.05) is 46.9 Å². The standard InChI is InChI=1S/C26H22ClF6N5O3/c1-38(17-9-18(39)11-19(10-17)41-2)23(12-22(37-38)26(31,32)33)35-25(34-16-7-14(27)6-15(28)8-16)36-24(40)13-3-4-20(29)21(30)5-13/h3-11,22-23,39H,12H2,1-2H3,(H2,34,35,36,40). The van der Waals surface area contributed by atoms with Gasteiger partial charge >= 0.3 is 6.18 Å². The molecular formula is C26H22ClF6N5O3. The van der Waals surface area contributed by atoms with E-state index in [0.29, 0.717) is 12.1 Å². The summed E-state index contributed by atoms with van der Waals surface area (Å²) < 4.78 is 87.1. The third-order valence-corrected chi connectivity index (χ3v) is 6.44. The van der Waals surface area contributed by atoms with Crippen molar-refractivity contribution in [3.05, 3.63) is 88.1 Å². The van der Waals surface area contributed by atoms with Crippen LogP contribution < -0.4 is 20.0 Å². The molecule has 3 unspecified atom stereocenters. The highest BCUT2D eigenvalue weighted by Gasteiger charge is 2.48. The quantitative estimate of drug-likeness (QED) is 0.139. The predicted molar refractivity (Wildman–Crippen MR) is 140 cm³/mol. The lowest BCUT2D eigenvalue weighted by atomic mass is 10.2. The molecule has 3 atom stereocenters. The molecule has 1 fully saturated rings. The number of quaternary nitrogens is 1. The van der Waals surface area contributed by atoms with Crippen LogP contribution in [0.5, 0.6) is 11.5 Å². The molecule has 0 spiro atoms. The summed E-state index contributed by atoms with van der Waals surface area (Å²) in [5.74, 6) is -4.95. The summed E-state index contributed by atoms with van der Waals surface area (Å²) in [4.78, 5) is 17.2. The number of phenolic OH excluding ortho intramolecular Hbond substituents is 1. The first kappa shape index (κ1) is 30.0. The smallest absolute Gasteiger partial charge is 0.377 e. The van der Waals surface area contributed by atoms with Gasteiger partial charge in [0.2, 0.25) is 5.96 Å². The zero-order chi connectivity index (χ0) is 30.1. The molecule has 3 N–H and O–H groups in total. The number of nitrogens with one attached hydrogen (secondary N) is 2. The van der Waals surface area contributed by atoms with Gasteiger partial charge in [-0.1, -0.05) is 11.6 Å². The maximum absolute atomic E-state index is 14.0. The molecule has 8 nitrogen and oxygen atoms in total. The Morgan fingerprint density at radius 2 is 1.83 bits per heavy atom. The number of hydrogen-bond acceptors (Lipinski definition) is 4. The van der Waals surface area contributed by atoms with Gasteiger partial charge < -0.3 is 25.2 Å². The summed E-state index contributed by atoms with van der Waals surface area (Å²) in [6, 6.07) is 7.15. The molecule has 0 saturated carbocycles. The Balaban J connectivity index is 1.80. The average Bonchev–Trinajstić information content (AvgIpc) is 3.22. The van der Waals surface area contributed by atoms with Gasteiger partial charge in [0.15, 0.2) is 17.8 Å². The first-order valence-electron chi connectivity index (χ1n) is 11.8. The van der Waals surface area contributed by atoms with Crippen molar-refractivity contribution in [1.29, 1.82) is 0 Å². The molecule has 1 amide bonds. The van der Waals surface area contributed by atoms with E-state index >= 15 is 0 Å². The Bertz CT molecular complexity index is 1480. The predicted octanol–water partition coefficient (Wildman–Crippen LogP) is 6.26. The van der Waals surface area contributed by atoms with E-state index in [9.17, 15) is 36.2 Å². The summed E-state index contributed by atoms with van der Waals surface area (Å²) >= 11 is 5.91. The van der Waals surface area contributed by atoms with Crippen LogP contribution in [0.3, 0.4) is 0 Å². The Hall–Kier alpha value is -4.01. The van der Waals surface area contributed by atoms with Gasteiger partial charge in [-0.05, 0) is 36.4 Å². The molecule has 41 heavy (non-hydrogen) atoms. The molecule has 3 aromatic carbocycles. The van der Waals surface area contributed by atoms with Crippen molar-refractivity contribution in [1.82, 2.24) is 9.91 Å². The first-order valence-corrected chi connectivity index (χ1v) is 12.2. The van der Waals surface area contributed by atoms with Crippen molar-refractivity contribution < 1.29 is 41.0 Å². The minimum absolute atomic E-state index is 0.0325. The fourth-order valence-electron chi connectivity index (χ4n) is 4.19. The number of phenols is 1. The first-order chi connectivity index (χ1) is 19.2. The molecule has 1 aliphatic heterocycles. The monoisotopic (exact) mass is 601 g/mol. The number of guanidine groups is 1. The number of halogens is 7. The molecule has 1 heterocycles. The topological polar surface area (TPSA) is 97.1 Å². The summed E-state index contributed by atoms with van der Waals surface area (Å²) in [6.45, 7) is 0. The number of carbonyl (C=O) groups is 1. The summed E-state index contributed by atoms with van der Waals surface area (Å²) in [7, 11) is 2.61. The molecule has 0 bridgehead atoms. The largest absolute Gasteiger partial charge is 0.508 e. The normalized spacial score (nSPS) is 21.0. The third-order valence-electron chi connectivity index (χ3n) is 6.22. The number of rotatable bonds is 5. The number of aliphatic imine (C=N–C) groups is 1. The second-order valence-electron chi connectivity index (χ2n) is 9.15. The molecule has 1 saturated heterocycles. The van der Waals surface area contributed by atoms with E-state index in [4.69, 9.17) is 16.3 Å². The fourth-order valence-corrected chi connectivity index (χ4v) is 4.42. The highest BCUT2D eigenvalue weighted by molar-refractivity contribution is 6.31. The van der Waals surface area contributed by atoms with Gasteiger partial charge in [0.05, 0.1) is 14.2 Å². The lowest BCUT2D eigenvalue weighted by Gasteiger charge is -2.44. The van der Waals surface area contributed by atoms with Crippen LogP contribution in [-0.4, -0.2) is 49.5 Å². The van der Waals surface area contributed by atoms with E-state index in [1.807, 2.05) is 0 Å². The van der Waals surface area contributed by atoms with E-state index in [2.05, 4.69) is 21.1 Å². The van der Waals surface area contributed by atoms with Gasteiger partial charge in [-0.25, -0.2) is 13.2 Å². The highest BCUT2D eigenvalue weighted by Crippen LogP contribution is 2.46. The number of benzene rings is 3. The van der Waals surface area contributed by atoms with Crippen molar-refractivity contribution in [3.8, 4) is 11.5 Å². The maximum Gasteiger partial charge on any atom is 0.377 e. The van der Waals surface area contributed by atoms with Gasteiger partial charge in [-0.3, -0.25) is 10.1 Å². The van der Waals surface area contributed by atoms with Crippen LogP contribution in [-0.2, 0) is 0 Å². The number of anilines is 1. The number of alkyl halides is 3. The number of hydrogen-bond donors (Lipinski definition) is 3. The SMILES string of the molecule is COc1cc(O)cc([N+]2(C)[N-]C(C(F)(F)F)CC2N=C(NC(=O)c2ccc(F)c(F)c2)Nc2cc(F)cc(Cl)c2)c1. The summed E-state index contributed by atoms with van der Waals surface area (Å²) in [5, 5.41) is 15.0. The molecule has 4 rings (SSSR count). The number of methoxy groups -OCH3 is 1. The van der Waals surface area contributed by atoms with E-state index < -0.39 is 58.7 Å². The van der Waals surface area contributed by atoms with Gasteiger partial charge in [-0.15, -0.1) is 0 Å². The van der Waals surface area contributed by atoms with Crippen molar-refractivity contribution in [2.24, 2.45) is 4.99 Å². The second kappa shape index (κ2) is 11.5. The van der Waals surface area contributed by atoms with Crippen LogP contribution in [0.15, 0.2) is 59.6 Å². The van der Waals surface area contributed by atoms with Crippen LogP contribution in [0.25, 0.3) is 5.43 Å². The Labute approximate surface area is 234 Å². The highest BCUT2D eigenvalue weighted by atomic mass is 35.5. The lowest BCUT2D eigenvalue weighted by Crippen LogP contribution is -2.47. The maximum atomic E-state index is 14.0. The molecule has 0 radical (unpaired) electrons. The molecule has 1 aliphatic rings. The van der Waals surface area contributed by atoms with Gasteiger partial charge in [0.1, 0.15) is 23.0 Å². The van der Waals surface area contributed by atoms with Gasteiger partial charge in [-0.2, -0.15) is 18.2 Å². The lowest BCUT2D eigenvalue weighted by molar-refractivity contribution is -0.139. The summed E-state index contributed by atoms with van der Waals surface area (Å²) in [5.41, 5.74) is 3.63. The van der Waals surface area contributed by atoms with Gasteiger partial charge in [0.25, 0.3) is 5.91 Å². The molecular weight excluding hydrogens is 580 g/mol. The van der Waals surface area contributed by atoms with E-state index in [-0.39, 0.29) is 33.5 Å². The number of nitrogens with zero attached hydrogens (tertiary/aromatic N) is 3. The fraction of sp³-hybridized carbons (Fsp3) is 0.231. The Morgan fingerprint density at radius 3 is 2.46 bits per heavy atom. The van der Waals surface area contributed by atoms with Crippen LogP contribution >= 0.6 is 11.6 Å². The van der Waals surface area contributed by atoms with Crippen molar-refractivity contribution >= 4 is 34.8 Å². The average molecular weight is 602 g/mol. The van der Waals surface area contributed by atoms with E-state index in [1.54, 1.807) is 0 Å². The van der Waals surface area contributed by atoms with Crippen molar-refractivity contribution in [3.63, 3.8) is 0 Å². The molecule has 218 valence electrons. The van der Waals surface area contributed by atoms with Crippen LogP contribution in [0.4, 0.5) is 37.7 Å². The van der Waals surface area contributed by atoms with Crippen molar-refractivity contribution in [2.75, 3.05) is 19.5 Å². The minimum Gasteiger partial charge on any atom is -0.508 e. The molecule has 3 aromatic rings. The molecule has 0 aliphatic carbocycles. The number of ether oxygens (including phenoxy) is 1. The number of aromatic hydroxyl groups is 1. The number of carbonyl (C=O) groups excluding carboxylic acids is 1. The third kappa shape index (κ3) is 6.84. The van der Waals surface area contributed by atoms with Crippen LogP contribution in [0, 0.1) is 17.5 Å². The molecule has 15 heteroatoms. The van der Waals surface area contributed by atoms with Crippen LogP contribution in [0.1, 0.15) is 16.8 Å². The van der Waals surface area contributed by atoms with E-state index in [1.165, 1.54) is 38.4 Å². The second-order valence-corrected chi connectivity index (χ2v) is 9.59. The Morgan fingerprint density at radius 1 is 1.10 bits per heavy atom. The zero-order valence-corrected chi connectivity index (χ0v) is 22.1. The minimum atomic E-state index is -4.76. The number of amides is 1. The van der Waals surface area contributed by atoms with Crippen molar-refractivity contribution in [2.45, 2.75) is 24.8 Å².